The van der Waals surface area contributed by atoms with Gasteiger partial charge in [0.15, 0.2) is 0 Å². The normalized spacial score (nSPS) is 11.3. The highest BCUT2D eigenvalue weighted by Crippen LogP contribution is 2.43. The second kappa shape index (κ2) is 7.10. The summed E-state index contributed by atoms with van der Waals surface area (Å²) >= 11 is 0. The lowest BCUT2D eigenvalue weighted by molar-refractivity contribution is 0.126. The molecule has 2 N–H and O–H groups in total. The number of hydrogen-bond acceptors (Lipinski definition) is 2. The third-order valence-corrected chi connectivity index (χ3v) is 4.89. The average molecular weight is 352 g/mol. The summed E-state index contributed by atoms with van der Waals surface area (Å²) in [6.45, 7) is 0. The Morgan fingerprint density at radius 2 is 0.926 bits per heavy atom. The van der Waals surface area contributed by atoms with E-state index in [0.29, 0.717) is 5.56 Å². The van der Waals surface area contributed by atoms with Crippen LogP contribution in [0.2, 0.25) is 0 Å². The zero-order valence-corrected chi connectivity index (χ0v) is 14.8. The Morgan fingerprint density at radius 1 is 0.481 bits per heavy atom. The molecule has 0 aliphatic heterocycles. The zero-order valence-electron chi connectivity index (χ0n) is 14.8. The SMILES string of the molecule is Oc1ccccc1-c1ccccc1C(O)(c1ccccc1)c1ccccc1. The minimum atomic E-state index is -1.35. The van der Waals surface area contributed by atoms with Gasteiger partial charge in [-0.15, -0.1) is 0 Å². The minimum Gasteiger partial charge on any atom is -0.507 e. The molecule has 0 saturated carbocycles. The monoisotopic (exact) mass is 352 g/mol. The van der Waals surface area contributed by atoms with Crippen LogP contribution in [0, 0.1) is 0 Å². The molecule has 0 heterocycles. The molecule has 0 fully saturated rings. The average Bonchev–Trinajstić information content (AvgIpc) is 2.75. The van der Waals surface area contributed by atoms with E-state index in [1.54, 1.807) is 12.1 Å². The van der Waals surface area contributed by atoms with Gasteiger partial charge in [0.05, 0.1) is 0 Å². The van der Waals surface area contributed by atoms with Crippen LogP contribution in [0.4, 0.5) is 0 Å². The van der Waals surface area contributed by atoms with Crippen molar-refractivity contribution in [1.82, 2.24) is 0 Å². The first-order valence-electron chi connectivity index (χ1n) is 8.92. The van der Waals surface area contributed by atoms with Gasteiger partial charge in [-0.05, 0) is 22.8 Å². The highest BCUT2D eigenvalue weighted by Gasteiger charge is 2.35. The van der Waals surface area contributed by atoms with Gasteiger partial charge >= 0.3 is 0 Å². The van der Waals surface area contributed by atoms with Gasteiger partial charge in [0.2, 0.25) is 0 Å². The first kappa shape index (κ1) is 17.1. The van der Waals surface area contributed by atoms with Crippen LogP contribution in [0.25, 0.3) is 11.1 Å². The molecule has 0 aliphatic rings. The van der Waals surface area contributed by atoms with Gasteiger partial charge in [-0.1, -0.05) is 103 Å². The molecule has 0 aliphatic carbocycles. The Hall–Kier alpha value is -3.36. The molecule has 0 atom stereocenters. The van der Waals surface area contributed by atoms with Crippen molar-refractivity contribution in [2.75, 3.05) is 0 Å². The Kier molecular flexibility index (Phi) is 4.49. The third kappa shape index (κ3) is 3.01. The van der Waals surface area contributed by atoms with E-state index >= 15 is 0 Å². The molecule has 4 aromatic carbocycles. The van der Waals surface area contributed by atoms with Crippen molar-refractivity contribution in [2.45, 2.75) is 5.60 Å². The van der Waals surface area contributed by atoms with Gasteiger partial charge in [0.1, 0.15) is 11.4 Å². The van der Waals surface area contributed by atoms with E-state index in [4.69, 9.17) is 0 Å². The fourth-order valence-electron chi connectivity index (χ4n) is 3.57. The van der Waals surface area contributed by atoms with E-state index in [0.717, 1.165) is 22.3 Å². The highest BCUT2D eigenvalue weighted by molar-refractivity contribution is 5.75. The number of phenols is 1. The second-order valence-electron chi connectivity index (χ2n) is 6.51. The molecule has 27 heavy (non-hydrogen) atoms. The second-order valence-corrected chi connectivity index (χ2v) is 6.51. The summed E-state index contributed by atoms with van der Waals surface area (Å²) < 4.78 is 0. The molecule has 0 aromatic heterocycles. The van der Waals surface area contributed by atoms with E-state index in [1.165, 1.54) is 0 Å². The fraction of sp³-hybridized carbons (Fsp3) is 0.0400. The lowest BCUT2D eigenvalue weighted by Gasteiger charge is -2.32. The number of aliphatic hydroxyl groups is 1. The molecule has 2 nitrogen and oxygen atoms in total. The maximum atomic E-state index is 12.1. The number of benzene rings is 4. The Labute approximate surface area is 159 Å². The van der Waals surface area contributed by atoms with Crippen LogP contribution in [0.3, 0.4) is 0 Å². The van der Waals surface area contributed by atoms with Crippen molar-refractivity contribution in [3.63, 3.8) is 0 Å². The Bertz CT molecular complexity index is 1000. The lowest BCUT2D eigenvalue weighted by atomic mass is 9.77. The van der Waals surface area contributed by atoms with Gasteiger partial charge < -0.3 is 10.2 Å². The van der Waals surface area contributed by atoms with Crippen LogP contribution in [0.15, 0.2) is 109 Å². The molecule has 4 rings (SSSR count). The summed E-state index contributed by atoms with van der Waals surface area (Å²) in [6, 6.07) is 34.1. The lowest BCUT2D eigenvalue weighted by Crippen LogP contribution is -2.29. The van der Waals surface area contributed by atoms with Crippen LogP contribution < -0.4 is 0 Å². The topological polar surface area (TPSA) is 40.5 Å². The molecule has 0 spiro atoms. The summed E-state index contributed by atoms with van der Waals surface area (Å²) in [6.07, 6.45) is 0. The summed E-state index contributed by atoms with van der Waals surface area (Å²) in [5.74, 6) is 0.188. The van der Waals surface area contributed by atoms with Crippen LogP contribution >= 0.6 is 0 Å². The molecule has 2 heteroatoms. The standard InChI is InChI=1S/C25H20O2/c26-24-18-10-8-16-22(24)21-15-7-9-17-23(21)25(27,19-11-3-1-4-12-19)20-13-5-2-6-14-20/h1-18,26-27H. The first-order chi connectivity index (χ1) is 13.2. The largest absolute Gasteiger partial charge is 0.507 e. The van der Waals surface area contributed by atoms with Gasteiger partial charge in [0.25, 0.3) is 0 Å². The zero-order chi connectivity index (χ0) is 18.7. The predicted octanol–water partition coefficient (Wildman–Crippen LogP) is 5.34. The minimum absolute atomic E-state index is 0.188. The molecular weight excluding hydrogens is 332 g/mol. The predicted molar refractivity (Wildman–Crippen MR) is 109 cm³/mol. The smallest absolute Gasteiger partial charge is 0.141 e. The summed E-state index contributed by atoms with van der Waals surface area (Å²) in [4.78, 5) is 0. The molecule has 0 saturated heterocycles. The summed E-state index contributed by atoms with van der Waals surface area (Å²) in [5, 5.41) is 22.5. The molecule has 0 amide bonds. The van der Waals surface area contributed by atoms with Crippen molar-refractivity contribution in [3.05, 3.63) is 126 Å². The van der Waals surface area contributed by atoms with Crippen molar-refractivity contribution < 1.29 is 10.2 Å². The molecule has 0 bridgehead atoms. The van der Waals surface area contributed by atoms with E-state index in [1.807, 2.05) is 97.1 Å². The quantitative estimate of drug-likeness (QED) is 0.487. The van der Waals surface area contributed by atoms with Crippen LogP contribution in [0.1, 0.15) is 16.7 Å². The molecular formula is C25H20O2. The van der Waals surface area contributed by atoms with E-state index in [9.17, 15) is 10.2 Å². The number of rotatable bonds is 4. The van der Waals surface area contributed by atoms with E-state index in [2.05, 4.69) is 0 Å². The van der Waals surface area contributed by atoms with Gasteiger partial charge in [-0.3, -0.25) is 0 Å². The Balaban J connectivity index is 2.03. The van der Waals surface area contributed by atoms with Crippen molar-refractivity contribution in [1.29, 1.82) is 0 Å². The maximum Gasteiger partial charge on any atom is 0.141 e. The van der Waals surface area contributed by atoms with Crippen molar-refractivity contribution in [3.8, 4) is 16.9 Å². The summed E-state index contributed by atoms with van der Waals surface area (Å²) in [7, 11) is 0. The molecule has 0 unspecified atom stereocenters. The van der Waals surface area contributed by atoms with E-state index < -0.39 is 5.60 Å². The van der Waals surface area contributed by atoms with Crippen LogP contribution in [0.5, 0.6) is 5.75 Å². The van der Waals surface area contributed by atoms with E-state index in [-0.39, 0.29) is 5.75 Å². The third-order valence-electron chi connectivity index (χ3n) is 4.89. The number of para-hydroxylation sites is 1. The summed E-state index contributed by atoms with van der Waals surface area (Å²) in [5.41, 5.74) is 2.42. The van der Waals surface area contributed by atoms with Crippen LogP contribution in [-0.2, 0) is 5.60 Å². The molecule has 132 valence electrons. The number of aromatic hydroxyl groups is 1. The van der Waals surface area contributed by atoms with Crippen molar-refractivity contribution in [2.24, 2.45) is 0 Å². The van der Waals surface area contributed by atoms with Gasteiger partial charge in [-0.2, -0.15) is 0 Å². The first-order valence-corrected chi connectivity index (χ1v) is 8.92. The highest BCUT2D eigenvalue weighted by atomic mass is 16.3. The van der Waals surface area contributed by atoms with Gasteiger partial charge in [-0.25, -0.2) is 0 Å². The van der Waals surface area contributed by atoms with Crippen molar-refractivity contribution >= 4 is 0 Å². The van der Waals surface area contributed by atoms with Crippen LogP contribution in [-0.4, -0.2) is 10.2 Å². The van der Waals surface area contributed by atoms with Gasteiger partial charge in [0, 0.05) is 11.1 Å². The maximum absolute atomic E-state index is 12.1. The molecule has 4 aromatic rings. The Morgan fingerprint density at radius 3 is 1.48 bits per heavy atom. The molecule has 0 radical (unpaired) electrons. The number of hydrogen-bond donors (Lipinski definition) is 2. The fourth-order valence-corrected chi connectivity index (χ4v) is 3.57. The number of phenolic OH excluding ortho intramolecular Hbond substituents is 1.